The molecule has 4 aromatic carbocycles. The van der Waals surface area contributed by atoms with Crippen LogP contribution in [-0.2, 0) is 23.5 Å². The van der Waals surface area contributed by atoms with E-state index < -0.39 is 33.3 Å². The van der Waals surface area contributed by atoms with Gasteiger partial charge >= 0.3 is 0 Å². The van der Waals surface area contributed by atoms with Crippen LogP contribution in [0.5, 0.6) is 5.75 Å². The SMILES string of the molecule is COc1ccc2c(=O)n(-c3cccc4c(NS(C)(=O)=O)nn(C)c34)c([C@H](Cc3cc(F)cc(F)c3)Nc3ccccc3)nc2c1. The average molecular weight is 631 g/mol. The normalized spacial score (nSPS) is 12.4. The van der Waals surface area contributed by atoms with Crippen LogP contribution >= 0.6 is 0 Å². The van der Waals surface area contributed by atoms with E-state index in [4.69, 9.17) is 9.72 Å². The molecule has 0 amide bonds. The summed E-state index contributed by atoms with van der Waals surface area (Å²) in [7, 11) is -0.520. The summed E-state index contributed by atoms with van der Waals surface area (Å²) >= 11 is 0. The van der Waals surface area contributed by atoms with Gasteiger partial charge < -0.3 is 10.1 Å². The Bertz CT molecular complexity index is 2220. The summed E-state index contributed by atoms with van der Waals surface area (Å²) in [5.74, 6) is -0.645. The Balaban J connectivity index is 1.66. The molecule has 230 valence electrons. The van der Waals surface area contributed by atoms with Gasteiger partial charge in [-0.3, -0.25) is 18.8 Å². The van der Waals surface area contributed by atoms with Crippen molar-refractivity contribution in [1.82, 2.24) is 19.3 Å². The van der Waals surface area contributed by atoms with Crippen molar-refractivity contribution in [3.63, 3.8) is 0 Å². The number of benzene rings is 4. The number of hydrogen-bond donors (Lipinski definition) is 2. The van der Waals surface area contributed by atoms with E-state index in [2.05, 4.69) is 15.1 Å². The summed E-state index contributed by atoms with van der Waals surface area (Å²) in [6, 6.07) is 21.7. The predicted molar refractivity (Wildman–Crippen MR) is 169 cm³/mol. The highest BCUT2D eigenvalue weighted by Crippen LogP contribution is 2.32. The number of halogens is 2. The number of sulfonamides is 1. The van der Waals surface area contributed by atoms with Crippen LogP contribution in [0.25, 0.3) is 27.5 Å². The lowest BCUT2D eigenvalue weighted by atomic mass is 10.0. The number of para-hydroxylation sites is 2. The predicted octanol–water partition coefficient (Wildman–Crippen LogP) is 5.33. The molecule has 6 rings (SSSR count). The van der Waals surface area contributed by atoms with Crippen molar-refractivity contribution in [1.29, 1.82) is 0 Å². The summed E-state index contributed by atoms with van der Waals surface area (Å²) in [4.78, 5) is 19.4. The molecule has 6 aromatic rings. The Morgan fingerprint density at radius 2 is 1.67 bits per heavy atom. The zero-order valence-electron chi connectivity index (χ0n) is 24.5. The fourth-order valence-corrected chi connectivity index (χ4v) is 5.93. The molecule has 13 heteroatoms. The number of rotatable bonds is 9. The van der Waals surface area contributed by atoms with E-state index in [0.717, 1.165) is 12.3 Å². The molecule has 0 unspecified atom stereocenters. The molecule has 1 atom stereocenters. The first-order valence-electron chi connectivity index (χ1n) is 13.8. The van der Waals surface area contributed by atoms with Crippen LogP contribution in [0.4, 0.5) is 20.3 Å². The van der Waals surface area contributed by atoms with Gasteiger partial charge in [-0.15, -0.1) is 0 Å². The second kappa shape index (κ2) is 11.7. The first-order chi connectivity index (χ1) is 21.5. The number of aromatic nitrogens is 4. The summed E-state index contributed by atoms with van der Waals surface area (Å²) in [5.41, 5.74) is 1.79. The molecule has 0 spiro atoms. The van der Waals surface area contributed by atoms with Gasteiger partial charge in [0, 0.05) is 36.7 Å². The zero-order chi connectivity index (χ0) is 31.9. The minimum atomic E-state index is -3.66. The quantitative estimate of drug-likeness (QED) is 0.222. The minimum absolute atomic E-state index is 0.0493. The molecule has 0 saturated carbocycles. The Morgan fingerprint density at radius 1 is 0.933 bits per heavy atom. The van der Waals surface area contributed by atoms with Crippen LogP contribution in [-0.4, -0.2) is 41.1 Å². The van der Waals surface area contributed by atoms with Gasteiger partial charge in [-0.2, -0.15) is 5.10 Å². The molecule has 0 fully saturated rings. The molecule has 0 aliphatic heterocycles. The maximum atomic E-state index is 14.5. The molecule has 2 heterocycles. The molecule has 2 aromatic heterocycles. The van der Waals surface area contributed by atoms with Gasteiger partial charge in [0.15, 0.2) is 5.82 Å². The Kier molecular flexibility index (Phi) is 7.71. The molecule has 45 heavy (non-hydrogen) atoms. The number of nitrogens with one attached hydrogen (secondary N) is 2. The molecule has 0 aliphatic carbocycles. The van der Waals surface area contributed by atoms with Crippen LogP contribution in [0, 0.1) is 11.6 Å². The molecule has 0 radical (unpaired) electrons. The van der Waals surface area contributed by atoms with E-state index >= 15 is 0 Å². The molecule has 0 bridgehead atoms. The summed E-state index contributed by atoms with van der Waals surface area (Å²) in [6.45, 7) is 0. The van der Waals surface area contributed by atoms with Crippen LogP contribution in [0.2, 0.25) is 0 Å². The molecular formula is C32H28F2N6O4S. The standard InChI is InChI=1S/C32H28F2N6O4S/c1-39-29-25(30(37-39)38-45(3,42)43)10-7-11-28(29)40-31(36-26-18-23(44-2)12-13-24(26)32(40)41)27(35-22-8-5-4-6-9-22)16-19-14-20(33)17-21(34)15-19/h4-15,17-18,27,35H,16H2,1-3H3,(H,37,38)/t27-/m0/s1. The fraction of sp³-hybridized carbons (Fsp3) is 0.156. The smallest absolute Gasteiger partial charge is 0.266 e. The average Bonchev–Trinajstić information content (AvgIpc) is 3.30. The van der Waals surface area contributed by atoms with Crippen molar-refractivity contribution in [2.24, 2.45) is 7.05 Å². The molecule has 0 saturated heterocycles. The van der Waals surface area contributed by atoms with Gasteiger partial charge in [-0.05, 0) is 54.1 Å². The highest BCUT2D eigenvalue weighted by molar-refractivity contribution is 7.92. The van der Waals surface area contributed by atoms with Gasteiger partial charge in [0.25, 0.3) is 5.56 Å². The minimum Gasteiger partial charge on any atom is -0.497 e. The Labute approximate surface area is 257 Å². The Hall–Kier alpha value is -5.30. The van der Waals surface area contributed by atoms with Gasteiger partial charge in [0.2, 0.25) is 10.0 Å². The van der Waals surface area contributed by atoms with Crippen LogP contribution in [0.3, 0.4) is 0 Å². The first kappa shape index (κ1) is 29.8. The number of methoxy groups -OCH3 is 1. The van der Waals surface area contributed by atoms with E-state index in [0.29, 0.717) is 44.5 Å². The summed E-state index contributed by atoms with van der Waals surface area (Å²) < 4.78 is 63.6. The van der Waals surface area contributed by atoms with Crippen molar-refractivity contribution in [3.05, 3.63) is 118 Å². The second-order valence-corrected chi connectivity index (χ2v) is 12.3. The van der Waals surface area contributed by atoms with Crippen molar-refractivity contribution < 1.29 is 21.9 Å². The van der Waals surface area contributed by atoms with Crippen molar-refractivity contribution >= 4 is 43.3 Å². The van der Waals surface area contributed by atoms with E-state index in [1.165, 1.54) is 28.5 Å². The number of nitrogens with zero attached hydrogens (tertiary/aromatic N) is 4. The lowest BCUT2D eigenvalue weighted by molar-refractivity contribution is 0.415. The summed E-state index contributed by atoms with van der Waals surface area (Å²) in [5, 5.41) is 8.53. The fourth-order valence-electron chi connectivity index (χ4n) is 5.43. The van der Waals surface area contributed by atoms with Gasteiger partial charge in [-0.25, -0.2) is 22.2 Å². The van der Waals surface area contributed by atoms with Crippen LogP contribution in [0.15, 0.2) is 89.7 Å². The number of aryl methyl sites for hydroxylation is 1. The van der Waals surface area contributed by atoms with Crippen molar-refractivity contribution in [2.75, 3.05) is 23.4 Å². The number of ether oxygens (including phenoxy) is 1. The number of fused-ring (bicyclic) bond motifs is 2. The monoisotopic (exact) mass is 630 g/mol. The highest BCUT2D eigenvalue weighted by Gasteiger charge is 2.25. The number of anilines is 2. The lowest BCUT2D eigenvalue weighted by Crippen LogP contribution is -2.29. The van der Waals surface area contributed by atoms with Crippen molar-refractivity contribution in [2.45, 2.75) is 12.5 Å². The third-order valence-corrected chi connectivity index (χ3v) is 7.82. The van der Waals surface area contributed by atoms with Crippen molar-refractivity contribution in [3.8, 4) is 11.4 Å². The topological polar surface area (TPSA) is 120 Å². The van der Waals surface area contributed by atoms with Gasteiger partial charge in [0.05, 0.1) is 41.5 Å². The number of hydrogen-bond acceptors (Lipinski definition) is 7. The van der Waals surface area contributed by atoms with E-state index in [1.54, 1.807) is 43.4 Å². The largest absolute Gasteiger partial charge is 0.497 e. The van der Waals surface area contributed by atoms with E-state index in [-0.39, 0.29) is 18.1 Å². The highest BCUT2D eigenvalue weighted by atomic mass is 32.2. The maximum absolute atomic E-state index is 14.5. The summed E-state index contributed by atoms with van der Waals surface area (Å²) in [6.07, 6.45) is 1.07. The molecular weight excluding hydrogens is 602 g/mol. The van der Waals surface area contributed by atoms with Crippen LogP contribution in [0.1, 0.15) is 17.4 Å². The maximum Gasteiger partial charge on any atom is 0.266 e. The van der Waals surface area contributed by atoms with Gasteiger partial charge in [0.1, 0.15) is 23.2 Å². The first-order valence-corrected chi connectivity index (χ1v) is 15.7. The third-order valence-electron chi connectivity index (χ3n) is 7.26. The second-order valence-electron chi connectivity index (χ2n) is 10.6. The van der Waals surface area contributed by atoms with Crippen LogP contribution < -0.4 is 20.3 Å². The van der Waals surface area contributed by atoms with E-state index in [1.807, 2.05) is 30.3 Å². The third kappa shape index (κ3) is 6.07. The molecule has 0 aliphatic rings. The Morgan fingerprint density at radius 3 is 2.36 bits per heavy atom. The van der Waals surface area contributed by atoms with Gasteiger partial charge in [-0.1, -0.05) is 24.3 Å². The molecule has 2 N–H and O–H groups in total. The lowest BCUT2D eigenvalue weighted by Gasteiger charge is -2.24. The zero-order valence-corrected chi connectivity index (χ0v) is 25.3. The van der Waals surface area contributed by atoms with E-state index in [9.17, 15) is 22.0 Å². The molecule has 10 nitrogen and oxygen atoms in total.